The number of hydrogen-bond acceptors (Lipinski definition) is 13. The molecular weight excluding hydrogens is 699 g/mol. The summed E-state index contributed by atoms with van der Waals surface area (Å²) in [5, 5.41) is 19.9. The third-order valence-corrected chi connectivity index (χ3v) is 13.2. The Bertz CT molecular complexity index is 1620. The molecule has 2 heterocycles. The maximum Gasteiger partial charge on any atom is 0.314 e. The summed E-state index contributed by atoms with van der Waals surface area (Å²) in [5.74, 6) is -0.875. The Morgan fingerprint density at radius 1 is 0.776 bits per heavy atom. The molecule has 0 fully saturated rings. The number of anilines is 1. The van der Waals surface area contributed by atoms with Crippen LogP contribution in [-0.4, -0.2) is 24.8 Å². The fourth-order valence-electron chi connectivity index (χ4n) is 5.02. The van der Waals surface area contributed by atoms with Crippen molar-refractivity contribution in [3.8, 4) is 23.6 Å². The summed E-state index contributed by atoms with van der Waals surface area (Å²) in [5.41, 5.74) is 3.85. The Kier molecular flexibility index (Phi) is 15.0. The minimum atomic E-state index is -0.381. The molecule has 2 aromatic carbocycles. The minimum absolute atomic E-state index is 0.0518. The second-order valence-electron chi connectivity index (χ2n) is 11.3. The number of esters is 2. The van der Waals surface area contributed by atoms with Crippen LogP contribution in [0.5, 0.6) is 11.5 Å². The van der Waals surface area contributed by atoms with Crippen molar-refractivity contribution >= 4 is 71.0 Å². The largest absolute Gasteiger partial charge is 0.424 e. The summed E-state index contributed by atoms with van der Waals surface area (Å²) in [4.78, 5) is 46.9. The van der Waals surface area contributed by atoms with Crippen molar-refractivity contribution in [2.75, 3.05) is 12.1 Å². The number of nitrogens with one attached hydrogen (secondary N) is 1. The normalized spacial score (nSPS) is 14.2. The van der Waals surface area contributed by atoms with Gasteiger partial charge in [0.2, 0.25) is 0 Å². The highest BCUT2D eigenvalue weighted by Gasteiger charge is 2.40. The monoisotopic (exact) mass is 737 g/mol. The Labute approximate surface area is 304 Å². The third-order valence-electron chi connectivity index (χ3n) is 7.91. The van der Waals surface area contributed by atoms with Crippen LogP contribution in [0.25, 0.3) is 0 Å². The zero-order valence-corrected chi connectivity index (χ0v) is 31.2. The number of rotatable bonds is 17. The van der Waals surface area contributed by atoms with Crippen LogP contribution < -0.4 is 15.0 Å². The third kappa shape index (κ3) is 9.47. The maximum absolute atomic E-state index is 13.7. The van der Waals surface area contributed by atoms with E-state index >= 15 is 0 Å². The molecular formula is C36H39N3O6S4. The molecule has 4 rings (SSSR count). The zero-order valence-electron chi connectivity index (χ0n) is 28.0. The molecule has 13 heteroatoms. The van der Waals surface area contributed by atoms with E-state index in [-0.39, 0.29) is 47.5 Å². The van der Waals surface area contributed by atoms with Gasteiger partial charge in [-0.25, -0.2) is 0 Å². The van der Waals surface area contributed by atoms with Gasteiger partial charge >= 0.3 is 11.9 Å². The van der Waals surface area contributed by atoms with E-state index in [1.807, 2.05) is 50.2 Å². The number of unbranched alkanes of at least 4 members (excludes halogenated alkanes) is 2. The van der Waals surface area contributed by atoms with E-state index < -0.39 is 0 Å². The molecule has 0 saturated heterocycles. The number of nitriles is 2. The Balaban J connectivity index is 1.83. The summed E-state index contributed by atoms with van der Waals surface area (Å²) in [6.07, 6.45) is 6.67. The molecule has 2 unspecified atom stereocenters. The van der Waals surface area contributed by atoms with E-state index in [9.17, 15) is 24.9 Å². The molecule has 0 amide bonds. The molecule has 2 aliphatic heterocycles. The topological polar surface area (TPSA) is 139 Å². The van der Waals surface area contributed by atoms with Crippen LogP contribution in [0.2, 0.25) is 0 Å². The molecule has 0 bridgehead atoms. The molecule has 1 N–H and O–H groups in total. The quantitative estimate of drug-likeness (QED) is 0.0412. The summed E-state index contributed by atoms with van der Waals surface area (Å²) in [7, 11) is 0. The van der Waals surface area contributed by atoms with Gasteiger partial charge in [-0.05, 0) is 37.8 Å². The van der Waals surface area contributed by atoms with Gasteiger partial charge in [0.15, 0.2) is 17.8 Å². The smallest absolute Gasteiger partial charge is 0.314 e. The number of aldehydes is 1. The van der Waals surface area contributed by atoms with Gasteiger partial charge in [-0.2, -0.15) is 10.5 Å². The van der Waals surface area contributed by atoms with Crippen molar-refractivity contribution in [3.63, 3.8) is 0 Å². The minimum Gasteiger partial charge on any atom is -0.424 e. The van der Waals surface area contributed by atoms with E-state index in [1.165, 1.54) is 23.5 Å². The Hall–Kier alpha value is -3.33. The lowest BCUT2D eigenvalue weighted by molar-refractivity contribution is -0.141. The molecule has 0 aliphatic carbocycles. The van der Waals surface area contributed by atoms with E-state index in [0.717, 1.165) is 54.9 Å². The first-order chi connectivity index (χ1) is 23.8. The average molecular weight is 738 g/mol. The number of hydrogen-bond donors (Lipinski definition) is 1. The first-order valence-corrected chi connectivity index (χ1v) is 19.6. The Morgan fingerprint density at radius 3 is 1.67 bits per heavy atom. The Morgan fingerprint density at radius 2 is 1.27 bits per heavy atom. The maximum atomic E-state index is 13.7. The molecule has 2 aliphatic rings. The molecule has 2 atom stereocenters. The fraction of sp³-hybridized carbons (Fsp3) is 0.417. The first-order valence-electron chi connectivity index (χ1n) is 16.4. The lowest BCUT2D eigenvalue weighted by atomic mass is 10.00. The van der Waals surface area contributed by atoms with Gasteiger partial charge in [0.25, 0.3) is 0 Å². The zero-order chi connectivity index (χ0) is 35.3. The molecule has 49 heavy (non-hydrogen) atoms. The van der Waals surface area contributed by atoms with Crippen molar-refractivity contribution in [2.24, 2.45) is 11.8 Å². The number of para-hydroxylation sites is 1. The van der Waals surface area contributed by atoms with Gasteiger partial charge in [-0.3, -0.25) is 24.7 Å². The lowest BCUT2D eigenvalue weighted by Gasteiger charge is -2.20. The average Bonchev–Trinajstić information content (AvgIpc) is 3.76. The predicted molar refractivity (Wildman–Crippen MR) is 195 cm³/mol. The van der Waals surface area contributed by atoms with Crippen LogP contribution >= 0.6 is 47.0 Å². The molecule has 0 aromatic heterocycles. The van der Waals surface area contributed by atoms with Crippen LogP contribution in [0.4, 0.5) is 5.69 Å². The number of nitrogens with zero attached hydrogens (tertiary/aromatic N) is 2. The van der Waals surface area contributed by atoms with Crippen LogP contribution in [0.1, 0.15) is 79.1 Å². The number of allylic oxidation sites excluding steroid dienone is 1. The summed E-state index contributed by atoms with van der Waals surface area (Å²) >= 11 is 4.78. The van der Waals surface area contributed by atoms with Crippen LogP contribution in [0.3, 0.4) is 0 Å². The first kappa shape index (κ1) is 38.5. The second kappa shape index (κ2) is 19.2. The highest BCUT2D eigenvalue weighted by molar-refractivity contribution is 8.26. The number of carbonyl (C=O) groups is 3. The molecule has 0 radical (unpaired) electrons. The van der Waals surface area contributed by atoms with Gasteiger partial charge in [0.1, 0.15) is 18.2 Å². The molecule has 9 nitrogen and oxygen atoms in total. The van der Waals surface area contributed by atoms with Gasteiger partial charge in [-0.15, -0.1) is 0 Å². The molecule has 2 aromatic rings. The van der Waals surface area contributed by atoms with Crippen molar-refractivity contribution < 1.29 is 28.7 Å². The number of benzene rings is 2. The molecule has 258 valence electrons. The summed E-state index contributed by atoms with van der Waals surface area (Å²) < 4.78 is 13.5. The number of fused-ring (bicyclic) bond motifs is 2. The molecule has 0 saturated carbocycles. The van der Waals surface area contributed by atoms with E-state index in [0.29, 0.717) is 65.6 Å². The van der Waals surface area contributed by atoms with E-state index in [4.69, 9.17) is 14.3 Å². The van der Waals surface area contributed by atoms with Crippen molar-refractivity contribution in [1.29, 1.82) is 10.5 Å². The van der Waals surface area contributed by atoms with Gasteiger partial charge in [0, 0.05) is 0 Å². The van der Waals surface area contributed by atoms with Crippen LogP contribution in [0, 0.1) is 34.5 Å². The summed E-state index contributed by atoms with van der Waals surface area (Å²) in [6, 6.07) is 13.5. The van der Waals surface area contributed by atoms with Crippen molar-refractivity contribution in [3.05, 3.63) is 50.0 Å². The number of carbonyl (C=O) groups excluding carboxylic acids is 3. The summed E-state index contributed by atoms with van der Waals surface area (Å²) in [6.45, 7) is 7.98. The fourth-order valence-corrected chi connectivity index (χ4v) is 10.3. The van der Waals surface area contributed by atoms with E-state index in [2.05, 4.69) is 25.4 Å². The van der Waals surface area contributed by atoms with Gasteiger partial charge < -0.3 is 9.47 Å². The second-order valence-corrected chi connectivity index (χ2v) is 15.9. The predicted octanol–water partition coefficient (Wildman–Crippen LogP) is 10.0. The SMILES string of the molecule is CCCCC(CC)C(=O)Oc1c2c(c(OC(=O)C(CC)CCCC)c3c1SC(=C(C#N)CONc1ccccc1)S3)SC(=C(C#N)C=O)S2. The lowest BCUT2D eigenvalue weighted by Crippen LogP contribution is -2.22. The van der Waals surface area contributed by atoms with Crippen molar-refractivity contribution in [1.82, 2.24) is 0 Å². The van der Waals surface area contributed by atoms with Gasteiger partial charge in [-0.1, -0.05) is 119 Å². The number of ether oxygens (including phenoxy) is 2. The standard InChI is InChI=1S/C36H39N3O6S4/c1-5-9-14-22(7-3)33(41)44-27-29-30(47-35(46-29)24(18-37)20-40)28(45-34(42)23(8-4)15-10-6-2)32-31(27)48-36(49-32)25(19-38)21-43-39-26-16-12-11-13-17-26/h11-13,16-17,20,22-23,39H,5-10,14-15,21H2,1-4H3. The van der Waals surface area contributed by atoms with Crippen molar-refractivity contribution in [2.45, 2.75) is 98.6 Å². The number of thioether (sulfide) groups is 4. The highest BCUT2D eigenvalue weighted by atomic mass is 32.2. The van der Waals surface area contributed by atoms with Gasteiger partial charge in [0.05, 0.1) is 57.2 Å². The van der Waals surface area contributed by atoms with Crippen LogP contribution in [-0.2, 0) is 19.2 Å². The van der Waals surface area contributed by atoms with Crippen LogP contribution in [0.15, 0.2) is 69.5 Å². The molecule has 0 spiro atoms. The highest BCUT2D eigenvalue weighted by Crippen LogP contribution is 2.68. The van der Waals surface area contributed by atoms with E-state index in [1.54, 1.807) is 0 Å².